The highest BCUT2D eigenvalue weighted by Gasteiger charge is 2.22. The quantitative estimate of drug-likeness (QED) is 0.204. The molecule has 1 unspecified atom stereocenters. The number of phenolic OH excluding ortho intramolecular Hbond substituents is 6. The van der Waals surface area contributed by atoms with Crippen molar-refractivity contribution in [3.05, 3.63) is 35.4 Å². The lowest BCUT2D eigenvalue weighted by atomic mass is 10.1. The summed E-state index contributed by atoms with van der Waals surface area (Å²) in [6, 6.07) is 2.22. The van der Waals surface area contributed by atoms with Crippen LogP contribution in [0, 0.1) is 0 Å². The summed E-state index contributed by atoms with van der Waals surface area (Å²) in [6.45, 7) is -0.0122. The molecule has 0 radical (unpaired) electrons. The third-order valence-corrected chi connectivity index (χ3v) is 4.22. The fourth-order valence-electron chi connectivity index (χ4n) is 2.58. The maximum absolute atomic E-state index is 12.2. The van der Waals surface area contributed by atoms with Crippen LogP contribution in [0.3, 0.4) is 0 Å². The second-order valence-electron chi connectivity index (χ2n) is 6.49. The average molecular weight is 436 g/mol. The Morgan fingerprint density at radius 3 is 1.58 bits per heavy atom. The van der Waals surface area contributed by atoms with Crippen molar-refractivity contribution in [2.45, 2.75) is 18.9 Å². The van der Waals surface area contributed by atoms with Gasteiger partial charge in [-0.1, -0.05) is 0 Å². The number of nitrogens with one attached hydrogen (secondary N) is 2. The van der Waals surface area contributed by atoms with E-state index in [0.29, 0.717) is 0 Å². The number of aromatic hydroxyl groups is 6. The van der Waals surface area contributed by atoms with Crippen molar-refractivity contribution in [1.82, 2.24) is 10.6 Å². The molecule has 0 aliphatic rings. The van der Waals surface area contributed by atoms with E-state index in [2.05, 4.69) is 10.6 Å². The summed E-state index contributed by atoms with van der Waals surface area (Å²) < 4.78 is 0. The number of carbonyl (C=O) groups excluding carboxylic acids is 2. The summed E-state index contributed by atoms with van der Waals surface area (Å²) in [7, 11) is 0. The molecule has 0 fully saturated rings. The molecule has 31 heavy (non-hydrogen) atoms. The summed E-state index contributed by atoms with van der Waals surface area (Å²) in [4.78, 5) is 35.6. The Balaban J connectivity index is 1.92. The van der Waals surface area contributed by atoms with Gasteiger partial charge in [-0.2, -0.15) is 0 Å². The molecular weight excluding hydrogens is 416 g/mol. The van der Waals surface area contributed by atoms with Crippen LogP contribution >= 0.6 is 0 Å². The molecule has 166 valence electrons. The van der Waals surface area contributed by atoms with Crippen LogP contribution in [0.15, 0.2) is 24.3 Å². The highest BCUT2D eigenvalue weighted by Crippen LogP contribution is 2.36. The molecule has 12 nitrogen and oxygen atoms in total. The van der Waals surface area contributed by atoms with Gasteiger partial charge in [-0.15, -0.1) is 0 Å². The van der Waals surface area contributed by atoms with Gasteiger partial charge in [0.2, 0.25) is 0 Å². The van der Waals surface area contributed by atoms with Crippen molar-refractivity contribution in [2.24, 2.45) is 0 Å². The van der Waals surface area contributed by atoms with Gasteiger partial charge < -0.3 is 46.4 Å². The van der Waals surface area contributed by atoms with E-state index in [1.165, 1.54) is 0 Å². The monoisotopic (exact) mass is 436 g/mol. The largest absolute Gasteiger partial charge is 0.504 e. The maximum atomic E-state index is 12.2. The molecule has 2 amide bonds. The Bertz CT molecular complexity index is 975. The normalized spacial score (nSPS) is 11.5. The molecule has 0 aliphatic heterocycles. The zero-order valence-corrected chi connectivity index (χ0v) is 15.9. The Labute approximate surface area is 174 Å². The number of amides is 2. The SMILES string of the molecule is O=C(NCCCC(NC(=O)c1cc(O)c(O)c(O)c1)C(=O)O)c1cc(O)c(O)c(O)c1. The van der Waals surface area contributed by atoms with Gasteiger partial charge in [-0.25, -0.2) is 4.79 Å². The first-order valence-electron chi connectivity index (χ1n) is 8.83. The number of carboxylic acid groups (broad SMARTS) is 1. The van der Waals surface area contributed by atoms with Crippen molar-refractivity contribution in [3.63, 3.8) is 0 Å². The average Bonchev–Trinajstić information content (AvgIpc) is 2.70. The molecule has 0 saturated carbocycles. The lowest BCUT2D eigenvalue weighted by Crippen LogP contribution is -2.41. The summed E-state index contributed by atoms with van der Waals surface area (Å²) in [5.41, 5.74) is -0.415. The fraction of sp³-hybridized carbons (Fsp3) is 0.211. The number of hydrogen-bond acceptors (Lipinski definition) is 9. The molecule has 0 bridgehead atoms. The Hall–Kier alpha value is -4.35. The van der Waals surface area contributed by atoms with Crippen molar-refractivity contribution in [2.75, 3.05) is 6.54 Å². The minimum absolute atomic E-state index is 0.0122. The number of hydrogen-bond donors (Lipinski definition) is 9. The third-order valence-electron chi connectivity index (χ3n) is 4.22. The second-order valence-corrected chi connectivity index (χ2v) is 6.49. The summed E-state index contributed by atoms with van der Waals surface area (Å²) in [6.07, 6.45) is 0.0224. The predicted octanol–water partition coefficient (Wildman–Crippen LogP) is 0.313. The van der Waals surface area contributed by atoms with Crippen LogP contribution in [0.4, 0.5) is 0 Å². The van der Waals surface area contributed by atoms with Crippen LogP contribution in [-0.4, -0.2) is 66.1 Å². The molecule has 0 saturated heterocycles. The maximum Gasteiger partial charge on any atom is 0.326 e. The molecular formula is C19H20N2O10. The van der Waals surface area contributed by atoms with Crippen molar-refractivity contribution in [3.8, 4) is 34.5 Å². The van der Waals surface area contributed by atoms with Crippen molar-refractivity contribution < 1.29 is 50.1 Å². The van der Waals surface area contributed by atoms with Crippen molar-refractivity contribution in [1.29, 1.82) is 0 Å². The van der Waals surface area contributed by atoms with Crippen LogP contribution in [0.1, 0.15) is 33.6 Å². The summed E-state index contributed by atoms with van der Waals surface area (Å²) >= 11 is 0. The Kier molecular flexibility index (Phi) is 6.98. The standard InChI is InChI=1S/C19H20N2O10/c22-11-4-8(5-12(23)15(11)26)17(28)20-3-1-2-10(19(30)31)21-18(29)9-6-13(24)16(27)14(25)7-9/h4-7,10,22-27H,1-3H2,(H,20,28)(H,21,29)(H,30,31). The zero-order valence-electron chi connectivity index (χ0n) is 15.9. The Morgan fingerprint density at radius 2 is 1.16 bits per heavy atom. The van der Waals surface area contributed by atoms with E-state index in [1.807, 2.05) is 0 Å². The molecule has 1 atom stereocenters. The van der Waals surface area contributed by atoms with Gasteiger partial charge >= 0.3 is 5.97 Å². The smallest absolute Gasteiger partial charge is 0.326 e. The third kappa shape index (κ3) is 5.59. The minimum atomic E-state index is -1.36. The number of phenols is 6. The lowest BCUT2D eigenvalue weighted by molar-refractivity contribution is -0.139. The van der Waals surface area contributed by atoms with Gasteiger partial charge in [0.25, 0.3) is 11.8 Å². The van der Waals surface area contributed by atoms with Crippen LogP contribution in [0.5, 0.6) is 34.5 Å². The number of aliphatic carboxylic acids is 1. The molecule has 2 rings (SSSR count). The topological polar surface area (TPSA) is 217 Å². The molecule has 0 spiro atoms. The highest BCUT2D eigenvalue weighted by atomic mass is 16.4. The van der Waals surface area contributed by atoms with E-state index >= 15 is 0 Å². The zero-order chi connectivity index (χ0) is 23.3. The van der Waals surface area contributed by atoms with E-state index in [0.717, 1.165) is 24.3 Å². The number of rotatable bonds is 8. The highest BCUT2D eigenvalue weighted by molar-refractivity contribution is 5.97. The van der Waals surface area contributed by atoms with E-state index in [1.54, 1.807) is 0 Å². The molecule has 2 aromatic rings. The second kappa shape index (κ2) is 9.43. The van der Waals surface area contributed by atoms with Gasteiger partial charge in [0, 0.05) is 17.7 Å². The molecule has 0 aliphatic carbocycles. The molecule has 0 heterocycles. The van der Waals surface area contributed by atoms with E-state index < -0.39 is 58.3 Å². The van der Waals surface area contributed by atoms with Gasteiger partial charge in [-0.05, 0) is 37.1 Å². The van der Waals surface area contributed by atoms with Gasteiger partial charge in [0.1, 0.15) is 6.04 Å². The van der Waals surface area contributed by atoms with Crippen molar-refractivity contribution >= 4 is 17.8 Å². The van der Waals surface area contributed by atoms with Crippen LogP contribution in [0.2, 0.25) is 0 Å². The predicted molar refractivity (Wildman–Crippen MR) is 103 cm³/mol. The number of carboxylic acids is 1. The first-order valence-corrected chi connectivity index (χ1v) is 8.83. The summed E-state index contributed by atoms with van der Waals surface area (Å²) in [5.74, 6) is -7.47. The van der Waals surface area contributed by atoms with E-state index in [9.17, 15) is 50.1 Å². The lowest BCUT2D eigenvalue weighted by Gasteiger charge is -2.15. The Morgan fingerprint density at radius 1 is 0.742 bits per heavy atom. The number of benzene rings is 2. The van der Waals surface area contributed by atoms with E-state index in [4.69, 9.17) is 0 Å². The fourth-order valence-corrected chi connectivity index (χ4v) is 2.58. The molecule has 0 aromatic heterocycles. The molecule has 2 aromatic carbocycles. The van der Waals surface area contributed by atoms with Crippen LogP contribution in [0.25, 0.3) is 0 Å². The molecule has 12 heteroatoms. The van der Waals surface area contributed by atoms with Gasteiger partial charge in [-0.3, -0.25) is 9.59 Å². The summed E-state index contributed by atoms with van der Waals surface area (Å²) in [5, 5.41) is 70.2. The van der Waals surface area contributed by atoms with Crippen LogP contribution < -0.4 is 10.6 Å². The van der Waals surface area contributed by atoms with E-state index in [-0.39, 0.29) is 30.5 Å². The number of carbonyl (C=O) groups is 3. The first-order chi connectivity index (χ1) is 14.5. The van der Waals surface area contributed by atoms with Gasteiger partial charge in [0.15, 0.2) is 34.5 Å². The minimum Gasteiger partial charge on any atom is -0.504 e. The van der Waals surface area contributed by atoms with Crippen LogP contribution in [-0.2, 0) is 4.79 Å². The first kappa shape index (κ1) is 22.9. The molecule has 9 N–H and O–H groups in total. The van der Waals surface area contributed by atoms with Gasteiger partial charge in [0.05, 0.1) is 0 Å².